The van der Waals surface area contributed by atoms with Crippen molar-refractivity contribution in [2.45, 2.75) is 25.5 Å². The molecule has 0 N–H and O–H groups in total. The Hall–Kier alpha value is -2.79. The van der Waals surface area contributed by atoms with E-state index in [1.165, 1.54) is 0 Å². The Bertz CT molecular complexity index is 887. The standard InChI is InChI=1S/C21H21N3O2/c25-21(19-9-1-6-17-7-3-11-23-20(17)19)24(15-18-8-4-12-26-18)14-16-5-2-10-22-13-16/h1-3,5-7,9-11,13,18H,4,8,12,14-15H2. The molecule has 1 aliphatic heterocycles. The largest absolute Gasteiger partial charge is 0.376 e. The predicted octanol–water partition coefficient (Wildman–Crippen LogP) is 3.45. The molecule has 2 aromatic heterocycles. The molecule has 0 saturated carbocycles. The molecule has 0 spiro atoms. The highest BCUT2D eigenvalue weighted by Crippen LogP contribution is 2.21. The number of fused-ring (bicyclic) bond motifs is 1. The van der Waals surface area contributed by atoms with E-state index < -0.39 is 0 Å². The van der Waals surface area contributed by atoms with Crippen LogP contribution in [0.2, 0.25) is 0 Å². The van der Waals surface area contributed by atoms with Crippen LogP contribution in [0, 0.1) is 0 Å². The highest BCUT2D eigenvalue weighted by molar-refractivity contribution is 6.05. The number of para-hydroxylation sites is 1. The van der Waals surface area contributed by atoms with Crippen molar-refractivity contribution in [3.8, 4) is 0 Å². The van der Waals surface area contributed by atoms with E-state index in [9.17, 15) is 4.79 Å². The van der Waals surface area contributed by atoms with Crippen LogP contribution >= 0.6 is 0 Å². The van der Waals surface area contributed by atoms with Crippen molar-refractivity contribution in [3.05, 3.63) is 72.2 Å². The van der Waals surface area contributed by atoms with Crippen LogP contribution in [-0.4, -0.2) is 40.0 Å². The van der Waals surface area contributed by atoms with Crippen LogP contribution < -0.4 is 0 Å². The molecule has 1 aliphatic rings. The molecular formula is C21H21N3O2. The molecule has 0 aliphatic carbocycles. The second-order valence-electron chi connectivity index (χ2n) is 6.56. The lowest BCUT2D eigenvalue weighted by Gasteiger charge is -2.26. The van der Waals surface area contributed by atoms with Gasteiger partial charge in [0.1, 0.15) is 0 Å². The first-order valence-corrected chi connectivity index (χ1v) is 8.95. The second-order valence-corrected chi connectivity index (χ2v) is 6.56. The number of pyridine rings is 2. The lowest BCUT2D eigenvalue weighted by Crippen LogP contribution is -2.37. The molecule has 0 radical (unpaired) electrons. The molecule has 1 atom stereocenters. The Labute approximate surface area is 152 Å². The predicted molar refractivity (Wildman–Crippen MR) is 99.7 cm³/mol. The lowest BCUT2D eigenvalue weighted by atomic mass is 10.1. The van der Waals surface area contributed by atoms with E-state index in [1.54, 1.807) is 18.6 Å². The average molecular weight is 347 g/mol. The highest BCUT2D eigenvalue weighted by Gasteiger charge is 2.25. The van der Waals surface area contributed by atoms with E-state index in [-0.39, 0.29) is 12.0 Å². The molecule has 26 heavy (non-hydrogen) atoms. The van der Waals surface area contributed by atoms with E-state index >= 15 is 0 Å². The fourth-order valence-electron chi connectivity index (χ4n) is 3.41. The molecular weight excluding hydrogens is 326 g/mol. The molecule has 4 rings (SSSR count). The summed E-state index contributed by atoms with van der Waals surface area (Å²) in [7, 11) is 0. The van der Waals surface area contributed by atoms with E-state index in [4.69, 9.17) is 4.74 Å². The molecule has 1 fully saturated rings. The average Bonchev–Trinajstić information content (AvgIpc) is 3.20. The summed E-state index contributed by atoms with van der Waals surface area (Å²) in [5.74, 6) is -0.0198. The second kappa shape index (κ2) is 7.62. The molecule has 5 nitrogen and oxygen atoms in total. The van der Waals surface area contributed by atoms with Crippen LogP contribution in [0.4, 0.5) is 0 Å². The number of rotatable bonds is 5. The first kappa shape index (κ1) is 16.7. The van der Waals surface area contributed by atoms with Gasteiger partial charge in [0, 0.05) is 43.7 Å². The third-order valence-electron chi connectivity index (χ3n) is 4.69. The summed E-state index contributed by atoms with van der Waals surface area (Å²) in [4.78, 5) is 23.8. The Kier molecular flexibility index (Phi) is 4.88. The summed E-state index contributed by atoms with van der Waals surface area (Å²) in [5, 5.41) is 0.969. The highest BCUT2D eigenvalue weighted by atomic mass is 16.5. The minimum absolute atomic E-state index is 0.0198. The number of carbonyl (C=O) groups excluding carboxylic acids is 1. The van der Waals surface area contributed by atoms with Gasteiger partial charge in [-0.1, -0.05) is 24.3 Å². The van der Waals surface area contributed by atoms with Crippen LogP contribution in [-0.2, 0) is 11.3 Å². The van der Waals surface area contributed by atoms with Gasteiger partial charge in [-0.25, -0.2) is 0 Å². The van der Waals surface area contributed by atoms with E-state index in [0.717, 1.165) is 35.9 Å². The fourth-order valence-corrected chi connectivity index (χ4v) is 3.41. The van der Waals surface area contributed by atoms with Crippen molar-refractivity contribution in [2.75, 3.05) is 13.2 Å². The number of carbonyl (C=O) groups is 1. The zero-order valence-electron chi connectivity index (χ0n) is 14.5. The Morgan fingerprint density at radius 3 is 2.85 bits per heavy atom. The maximum Gasteiger partial charge on any atom is 0.256 e. The third-order valence-corrected chi connectivity index (χ3v) is 4.69. The topological polar surface area (TPSA) is 55.3 Å². The van der Waals surface area contributed by atoms with Crippen molar-refractivity contribution >= 4 is 16.8 Å². The first-order valence-electron chi connectivity index (χ1n) is 8.95. The third kappa shape index (κ3) is 3.58. The van der Waals surface area contributed by atoms with Gasteiger partial charge in [0.2, 0.25) is 0 Å². The molecule has 132 valence electrons. The molecule has 3 aromatic rings. The fraction of sp³-hybridized carbons (Fsp3) is 0.286. The van der Waals surface area contributed by atoms with Crippen LogP contribution in [0.3, 0.4) is 0 Å². The van der Waals surface area contributed by atoms with Crippen molar-refractivity contribution in [1.29, 1.82) is 0 Å². The van der Waals surface area contributed by atoms with Gasteiger partial charge in [0.05, 0.1) is 17.2 Å². The summed E-state index contributed by atoms with van der Waals surface area (Å²) in [5.41, 5.74) is 2.38. The molecule has 1 saturated heterocycles. The zero-order valence-corrected chi connectivity index (χ0v) is 14.5. The molecule has 1 aromatic carbocycles. The van der Waals surface area contributed by atoms with Gasteiger partial charge in [-0.05, 0) is 36.6 Å². The molecule has 1 amide bonds. The smallest absolute Gasteiger partial charge is 0.256 e. The lowest BCUT2D eigenvalue weighted by molar-refractivity contribution is 0.0508. The zero-order chi connectivity index (χ0) is 17.8. The van der Waals surface area contributed by atoms with E-state index in [2.05, 4.69) is 9.97 Å². The number of aromatic nitrogens is 2. The number of ether oxygens (including phenoxy) is 1. The molecule has 1 unspecified atom stereocenters. The van der Waals surface area contributed by atoms with Gasteiger partial charge in [-0.15, -0.1) is 0 Å². The molecule has 0 bridgehead atoms. The van der Waals surface area contributed by atoms with E-state index in [0.29, 0.717) is 18.7 Å². The van der Waals surface area contributed by atoms with Crippen LogP contribution in [0.5, 0.6) is 0 Å². The van der Waals surface area contributed by atoms with Crippen molar-refractivity contribution in [3.63, 3.8) is 0 Å². The maximum absolute atomic E-state index is 13.4. The minimum Gasteiger partial charge on any atom is -0.376 e. The SMILES string of the molecule is O=C(c1cccc2cccnc12)N(Cc1cccnc1)CC1CCCO1. The number of amides is 1. The number of hydrogen-bond donors (Lipinski definition) is 0. The van der Waals surface area contributed by atoms with Crippen molar-refractivity contribution < 1.29 is 9.53 Å². The monoisotopic (exact) mass is 347 g/mol. The maximum atomic E-state index is 13.4. The van der Waals surface area contributed by atoms with Gasteiger partial charge in [-0.2, -0.15) is 0 Å². The number of hydrogen-bond acceptors (Lipinski definition) is 4. The Morgan fingerprint density at radius 2 is 2.04 bits per heavy atom. The number of nitrogens with zero attached hydrogens (tertiary/aromatic N) is 3. The summed E-state index contributed by atoms with van der Waals surface area (Å²) < 4.78 is 5.77. The quantitative estimate of drug-likeness (QED) is 0.709. The Balaban J connectivity index is 1.66. The van der Waals surface area contributed by atoms with Gasteiger partial charge in [0.15, 0.2) is 0 Å². The summed E-state index contributed by atoms with van der Waals surface area (Å²) >= 11 is 0. The van der Waals surface area contributed by atoms with Gasteiger partial charge >= 0.3 is 0 Å². The normalized spacial score (nSPS) is 16.7. The number of benzene rings is 1. The Morgan fingerprint density at radius 1 is 1.15 bits per heavy atom. The van der Waals surface area contributed by atoms with Crippen LogP contribution in [0.15, 0.2) is 61.1 Å². The van der Waals surface area contributed by atoms with Crippen molar-refractivity contribution in [2.24, 2.45) is 0 Å². The van der Waals surface area contributed by atoms with Crippen LogP contribution in [0.25, 0.3) is 10.9 Å². The van der Waals surface area contributed by atoms with Gasteiger partial charge < -0.3 is 9.64 Å². The van der Waals surface area contributed by atoms with E-state index in [1.807, 2.05) is 47.4 Å². The molecule has 3 heterocycles. The van der Waals surface area contributed by atoms with Gasteiger partial charge in [0.25, 0.3) is 5.91 Å². The summed E-state index contributed by atoms with van der Waals surface area (Å²) in [6.07, 6.45) is 7.41. The minimum atomic E-state index is -0.0198. The summed E-state index contributed by atoms with van der Waals surface area (Å²) in [6, 6.07) is 13.5. The van der Waals surface area contributed by atoms with Gasteiger partial charge in [-0.3, -0.25) is 14.8 Å². The van der Waals surface area contributed by atoms with Crippen LogP contribution in [0.1, 0.15) is 28.8 Å². The summed E-state index contributed by atoms with van der Waals surface area (Å²) in [6.45, 7) is 1.86. The van der Waals surface area contributed by atoms with Crippen molar-refractivity contribution in [1.82, 2.24) is 14.9 Å². The first-order chi connectivity index (χ1) is 12.8. The molecule has 5 heteroatoms.